The van der Waals surface area contributed by atoms with Gasteiger partial charge in [0, 0.05) is 51.0 Å². The van der Waals surface area contributed by atoms with Gasteiger partial charge in [-0.05, 0) is 24.1 Å². The first kappa shape index (κ1) is 18.8. The maximum absolute atomic E-state index is 6.02. The molecule has 1 aliphatic rings. The number of nitrogens with zero attached hydrogens (tertiary/aromatic N) is 6. The van der Waals surface area contributed by atoms with Crippen molar-refractivity contribution < 1.29 is 4.42 Å². The third kappa shape index (κ3) is 3.92. The Morgan fingerprint density at radius 3 is 2.53 bits per heavy atom. The third-order valence-corrected chi connectivity index (χ3v) is 5.62. The molecule has 0 radical (unpaired) electrons. The van der Waals surface area contributed by atoms with Gasteiger partial charge in [0.25, 0.3) is 0 Å². The number of piperazine rings is 1. The summed E-state index contributed by atoms with van der Waals surface area (Å²) in [7, 11) is 0. The van der Waals surface area contributed by atoms with Crippen LogP contribution >= 0.6 is 0 Å². The summed E-state index contributed by atoms with van der Waals surface area (Å²) in [5.74, 6) is 1.47. The largest absolute Gasteiger partial charge is 0.461 e. The molecule has 0 atom stereocenters. The van der Waals surface area contributed by atoms with Crippen molar-refractivity contribution in [3.05, 3.63) is 66.1 Å². The van der Waals surface area contributed by atoms with Crippen molar-refractivity contribution in [3.63, 3.8) is 0 Å². The number of hydrogen-bond donors (Lipinski definition) is 1. The normalized spacial score (nSPS) is 15.7. The van der Waals surface area contributed by atoms with E-state index >= 15 is 0 Å². The molecule has 2 N–H and O–H groups in total. The van der Waals surface area contributed by atoms with E-state index in [1.54, 1.807) is 10.8 Å². The molecule has 154 valence electrons. The number of nitrogen functional groups attached to an aromatic ring is 1. The van der Waals surface area contributed by atoms with Gasteiger partial charge in [0.05, 0.1) is 6.26 Å². The van der Waals surface area contributed by atoms with Crippen molar-refractivity contribution in [1.29, 1.82) is 0 Å². The van der Waals surface area contributed by atoms with Gasteiger partial charge in [-0.3, -0.25) is 4.90 Å². The van der Waals surface area contributed by atoms with Gasteiger partial charge in [-0.1, -0.05) is 30.3 Å². The summed E-state index contributed by atoms with van der Waals surface area (Å²) < 4.78 is 7.03. The van der Waals surface area contributed by atoms with E-state index in [9.17, 15) is 0 Å². The van der Waals surface area contributed by atoms with Gasteiger partial charge in [-0.15, -0.1) is 5.10 Å². The van der Waals surface area contributed by atoms with Gasteiger partial charge >= 0.3 is 0 Å². The van der Waals surface area contributed by atoms with Crippen LogP contribution in [0.2, 0.25) is 0 Å². The Morgan fingerprint density at radius 2 is 1.77 bits per heavy atom. The lowest BCUT2D eigenvalue weighted by Crippen LogP contribution is -2.46. The molecule has 1 saturated heterocycles. The molecule has 0 bridgehead atoms. The molecular weight excluding hydrogens is 378 g/mol. The minimum atomic E-state index is 0.324. The smallest absolute Gasteiger partial charge is 0.223 e. The van der Waals surface area contributed by atoms with Crippen LogP contribution in [0.5, 0.6) is 0 Å². The first-order chi connectivity index (χ1) is 14.8. The van der Waals surface area contributed by atoms with E-state index in [0.29, 0.717) is 17.5 Å². The molecule has 8 nitrogen and oxygen atoms in total. The summed E-state index contributed by atoms with van der Waals surface area (Å²) in [6, 6.07) is 14.3. The number of hydrogen-bond acceptors (Lipinski definition) is 7. The number of anilines is 1. The lowest BCUT2D eigenvalue weighted by molar-refractivity contribution is 0.128. The number of rotatable bonds is 6. The minimum absolute atomic E-state index is 0.324. The topological polar surface area (TPSA) is 88.7 Å². The molecule has 8 heteroatoms. The van der Waals surface area contributed by atoms with Gasteiger partial charge in [-0.2, -0.15) is 4.52 Å². The zero-order valence-corrected chi connectivity index (χ0v) is 16.8. The first-order valence-electron chi connectivity index (χ1n) is 10.3. The predicted octanol–water partition coefficient (Wildman–Crippen LogP) is 2.33. The summed E-state index contributed by atoms with van der Waals surface area (Å²) in [5.41, 5.74) is 9.18. The molecule has 0 amide bonds. The van der Waals surface area contributed by atoms with Crippen molar-refractivity contribution in [2.45, 2.75) is 13.0 Å². The quantitative estimate of drug-likeness (QED) is 0.528. The van der Waals surface area contributed by atoms with E-state index in [4.69, 9.17) is 10.2 Å². The molecule has 3 aromatic heterocycles. The van der Waals surface area contributed by atoms with E-state index in [1.807, 2.05) is 18.3 Å². The van der Waals surface area contributed by atoms with Crippen LogP contribution in [0.15, 0.2) is 59.3 Å². The summed E-state index contributed by atoms with van der Waals surface area (Å²) in [6.07, 6.45) is 4.52. The Balaban J connectivity index is 1.24. The maximum atomic E-state index is 6.02. The van der Waals surface area contributed by atoms with E-state index in [0.717, 1.165) is 56.9 Å². The van der Waals surface area contributed by atoms with Crippen LogP contribution < -0.4 is 5.73 Å². The van der Waals surface area contributed by atoms with Crippen molar-refractivity contribution in [2.24, 2.45) is 0 Å². The van der Waals surface area contributed by atoms with Crippen LogP contribution in [0.4, 0.5) is 5.95 Å². The van der Waals surface area contributed by atoms with Crippen LogP contribution in [0, 0.1) is 0 Å². The average molecular weight is 403 g/mol. The molecule has 5 rings (SSSR count). The van der Waals surface area contributed by atoms with Crippen molar-refractivity contribution in [3.8, 4) is 11.6 Å². The molecule has 1 fully saturated rings. The van der Waals surface area contributed by atoms with Crippen LogP contribution in [0.25, 0.3) is 17.2 Å². The van der Waals surface area contributed by atoms with Crippen LogP contribution in [-0.4, -0.2) is 62.1 Å². The number of nitrogens with two attached hydrogens (primary N) is 1. The first-order valence-corrected chi connectivity index (χ1v) is 10.3. The summed E-state index contributed by atoms with van der Waals surface area (Å²) in [4.78, 5) is 13.9. The molecule has 30 heavy (non-hydrogen) atoms. The second-order valence-corrected chi connectivity index (χ2v) is 7.64. The Kier molecular flexibility index (Phi) is 5.17. The van der Waals surface area contributed by atoms with Gasteiger partial charge in [0.2, 0.25) is 11.8 Å². The van der Waals surface area contributed by atoms with E-state index in [1.165, 1.54) is 5.56 Å². The summed E-state index contributed by atoms with van der Waals surface area (Å²) in [6.45, 7) is 6.04. The van der Waals surface area contributed by atoms with Crippen molar-refractivity contribution in [1.82, 2.24) is 29.4 Å². The highest BCUT2D eigenvalue weighted by atomic mass is 16.3. The molecule has 4 heterocycles. The zero-order valence-electron chi connectivity index (χ0n) is 16.8. The monoisotopic (exact) mass is 403 g/mol. The second kappa shape index (κ2) is 8.25. The lowest BCUT2D eigenvalue weighted by atomic mass is 10.1. The molecule has 0 unspecified atom stereocenters. The van der Waals surface area contributed by atoms with Crippen LogP contribution in [0.1, 0.15) is 11.1 Å². The highest BCUT2D eigenvalue weighted by molar-refractivity contribution is 5.57. The van der Waals surface area contributed by atoms with Crippen molar-refractivity contribution >= 4 is 11.6 Å². The molecule has 1 aromatic carbocycles. The highest BCUT2D eigenvalue weighted by Crippen LogP contribution is 2.21. The van der Waals surface area contributed by atoms with Crippen LogP contribution in [0.3, 0.4) is 0 Å². The Labute approximate surface area is 174 Å². The number of furan rings is 1. The SMILES string of the molecule is Nc1ncc(CN2CCN(CCc3ccccc3)CC2)c2nc(-c3ccco3)nn12. The fourth-order valence-corrected chi connectivity index (χ4v) is 3.90. The lowest BCUT2D eigenvalue weighted by Gasteiger charge is -2.34. The van der Waals surface area contributed by atoms with E-state index in [2.05, 4.69) is 55.2 Å². The predicted molar refractivity (Wildman–Crippen MR) is 115 cm³/mol. The van der Waals surface area contributed by atoms with Gasteiger partial charge in [-0.25, -0.2) is 9.97 Å². The summed E-state index contributed by atoms with van der Waals surface area (Å²) in [5, 5.41) is 4.47. The van der Waals surface area contributed by atoms with E-state index in [-0.39, 0.29) is 0 Å². The molecular formula is C22H25N7O. The second-order valence-electron chi connectivity index (χ2n) is 7.64. The van der Waals surface area contributed by atoms with Crippen molar-refractivity contribution in [2.75, 3.05) is 38.5 Å². The fraction of sp³-hybridized carbons (Fsp3) is 0.318. The number of aromatic nitrogens is 4. The minimum Gasteiger partial charge on any atom is -0.461 e. The standard InChI is InChI=1S/C22H25N7O/c23-22-24-15-18(21-25-20(26-29(21)22)19-7-4-14-30-19)16-28-12-10-27(11-13-28)9-8-17-5-2-1-3-6-17/h1-7,14-15H,8-13,16H2,(H2,23,24). The maximum Gasteiger partial charge on any atom is 0.223 e. The van der Waals surface area contributed by atoms with E-state index < -0.39 is 0 Å². The number of fused-ring (bicyclic) bond motifs is 1. The summed E-state index contributed by atoms with van der Waals surface area (Å²) >= 11 is 0. The number of benzene rings is 1. The average Bonchev–Trinajstić information content (AvgIpc) is 3.46. The fourth-order valence-electron chi connectivity index (χ4n) is 3.90. The van der Waals surface area contributed by atoms with Gasteiger partial charge in [0.15, 0.2) is 11.4 Å². The molecule has 0 saturated carbocycles. The molecule has 4 aromatic rings. The highest BCUT2D eigenvalue weighted by Gasteiger charge is 2.20. The Bertz CT molecular complexity index is 1100. The molecule has 0 spiro atoms. The molecule has 0 aliphatic carbocycles. The molecule has 1 aliphatic heterocycles. The Hall–Kier alpha value is -3.23. The van der Waals surface area contributed by atoms with Crippen LogP contribution in [-0.2, 0) is 13.0 Å². The van der Waals surface area contributed by atoms with Gasteiger partial charge in [0.1, 0.15) is 0 Å². The van der Waals surface area contributed by atoms with Gasteiger partial charge < -0.3 is 15.1 Å². The third-order valence-electron chi connectivity index (χ3n) is 5.62. The Morgan fingerprint density at radius 1 is 0.967 bits per heavy atom. The zero-order chi connectivity index (χ0) is 20.3.